The Morgan fingerprint density at radius 2 is 1.49 bits per heavy atom. The first kappa shape index (κ1) is 47.0. The lowest BCUT2D eigenvalue weighted by Gasteiger charge is -2.62. The Labute approximate surface area is 337 Å². The van der Waals surface area contributed by atoms with Gasteiger partial charge in [-0.15, -0.1) is 0 Å². The van der Waals surface area contributed by atoms with Crippen LogP contribution in [0.5, 0.6) is 0 Å². The van der Waals surface area contributed by atoms with Crippen LogP contribution < -0.4 is 0 Å². The smallest absolute Gasteiger partial charge is 0.309 e. The van der Waals surface area contributed by atoms with Crippen molar-refractivity contribution >= 4 is 22.6 Å². The molecule has 0 heterocycles. The lowest BCUT2D eigenvalue weighted by Crippen LogP contribution is -2.60. The van der Waals surface area contributed by atoms with Crippen molar-refractivity contribution < 1.29 is 36.6 Å². The van der Waals surface area contributed by atoms with E-state index >= 15 is 8.78 Å². The predicted molar refractivity (Wildman–Crippen MR) is 225 cm³/mol. The number of carbonyl (C=O) groups is 1. The van der Waals surface area contributed by atoms with Gasteiger partial charge in [-0.25, -0.2) is 8.78 Å². The van der Waals surface area contributed by atoms with E-state index in [0.29, 0.717) is 24.4 Å². The fraction of sp³-hybridized carbons (Fsp3) is 0.933. The van der Waals surface area contributed by atoms with E-state index in [1.165, 1.54) is 19.4 Å². The molecule has 55 heavy (non-hydrogen) atoms. The summed E-state index contributed by atoms with van der Waals surface area (Å²) in [7, 11) is -4.14. The molecular formula is C45H82F2O6Si2. The van der Waals surface area contributed by atoms with E-state index in [4.69, 9.17) is 23.1 Å². The number of ether oxygens (including phenoxy) is 3. The normalized spacial score (nSPS) is 33.3. The Kier molecular flexibility index (Phi) is 14.0. The summed E-state index contributed by atoms with van der Waals surface area (Å²) in [4.78, 5) is 13.8. The molecule has 0 aromatic rings. The molecule has 0 aromatic carbocycles. The number of rotatable bonds is 15. The molecule has 320 valence electrons. The highest BCUT2D eigenvalue weighted by molar-refractivity contribution is 6.74. The van der Waals surface area contributed by atoms with Crippen LogP contribution in [-0.4, -0.2) is 65.8 Å². The van der Waals surface area contributed by atoms with E-state index in [1.807, 2.05) is 6.92 Å². The molecule has 0 radical (unpaired) electrons. The van der Waals surface area contributed by atoms with Crippen LogP contribution in [0.15, 0.2) is 11.6 Å². The van der Waals surface area contributed by atoms with Gasteiger partial charge in [0.1, 0.15) is 5.60 Å². The van der Waals surface area contributed by atoms with Crippen LogP contribution in [0.4, 0.5) is 8.78 Å². The molecule has 3 saturated carbocycles. The standard InChI is InChI=1S/C45H82F2O6Si2/c1-18-49-30(3)51-42(10,11)45(46,47)27-24-34(39(48)50-19-2)36-23-22-35-33-21-20-31-28-32(52-54(14,15)40(4,5)6)29-38(53-55(16,17)41(7,8)9)44(31,13)37(33)25-26-43(35,36)12/h20,30,32-38H,18-19,21-29H2,1-17H3/t30?,32-,33+,34-,35+,36-,37+,38+,43+,44+/m1/s1. The van der Waals surface area contributed by atoms with Gasteiger partial charge >= 0.3 is 5.97 Å². The van der Waals surface area contributed by atoms with Gasteiger partial charge in [-0.1, -0.05) is 67.0 Å². The Balaban J connectivity index is 1.65. The second-order valence-corrected chi connectivity index (χ2v) is 31.4. The van der Waals surface area contributed by atoms with Crippen LogP contribution >= 0.6 is 0 Å². The maximum Gasteiger partial charge on any atom is 0.309 e. The quantitative estimate of drug-likeness (QED) is 0.0710. The highest BCUT2D eigenvalue weighted by atomic mass is 28.4. The first-order chi connectivity index (χ1) is 25.0. The molecule has 4 aliphatic carbocycles. The van der Waals surface area contributed by atoms with Crippen LogP contribution in [0.25, 0.3) is 0 Å². The van der Waals surface area contributed by atoms with Crippen molar-refractivity contribution in [1.29, 1.82) is 0 Å². The zero-order valence-electron chi connectivity index (χ0n) is 38.2. The number of halogens is 2. The molecule has 0 aromatic heterocycles. The molecule has 4 rings (SSSR count). The third-order valence-corrected chi connectivity index (χ3v) is 25.3. The number of esters is 1. The van der Waals surface area contributed by atoms with Crippen molar-refractivity contribution in [3.63, 3.8) is 0 Å². The van der Waals surface area contributed by atoms with Crippen LogP contribution in [0.3, 0.4) is 0 Å². The Bertz CT molecular complexity index is 1370. The molecule has 0 saturated heterocycles. The van der Waals surface area contributed by atoms with Gasteiger partial charge in [0.15, 0.2) is 22.9 Å². The molecule has 0 aliphatic heterocycles. The molecule has 0 amide bonds. The van der Waals surface area contributed by atoms with Crippen LogP contribution in [-0.2, 0) is 27.9 Å². The Morgan fingerprint density at radius 3 is 2.05 bits per heavy atom. The minimum Gasteiger partial charge on any atom is -0.466 e. The Morgan fingerprint density at radius 1 is 0.891 bits per heavy atom. The number of carbonyl (C=O) groups excluding carboxylic acids is 1. The molecule has 3 fully saturated rings. The first-order valence-electron chi connectivity index (χ1n) is 21.9. The summed E-state index contributed by atoms with van der Waals surface area (Å²) < 4.78 is 63.6. The van der Waals surface area contributed by atoms with Crippen molar-refractivity contribution in [2.75, 3.05) is 13.2 Å². The van der Waals surface area contributed by atoms with Crippen molar-refractivity contribution in [1.82, 2.24) is 0 Å². The van der Waals surface area contributed by atoms with Gasteiger partial charge in [0.25, 0.3) is 5.92 Å². The average Bonchev–Trinajstić information content (AvgIpc) is 3.37. The molecule has 4 aliphatic rings. The zero-order chi connectivity index (χ0) is 41.8. The minimum absolute atomic E-state index is 0.00846. The van der Waals surface area contributed by atoms with Crippen molar-refractivity contribution in [2.24, 2.45) is 40.4 Å². The summed E-state index contributed by atoms with van der Waals surface area (Å²) in [6, 6.07) is 0. The van der Waals surface area contributed by atoms with Gasteiger partial charge in [-0.2, -0.15) is 0 Å². The van der Waals surface area contributed by atoms with Crippen LogP contribution in [0, 0.1) is 40.4 Å². The maximum atomic E-state index is 16.0. The van der Waals surface area contributed by atoms with Gasteiger partial charge in [-0.05, 0) is 151 Å². The van der Waals surface area contributed by atoms with Gasteiger partial charge in [0, 0.05) is 18.4 Å². The van der Waals surface area contributed by atoms with Gasteiger partial charge < -0.3 is 23.1 Å². The monoisotopic (exact) mass is 813 g/mol. The second-order valence-electron chi connectivity index (χ2n) is 21.9. The van der Waals surface area contributed by atoms with Crippen LogP contribution in [0.2, 0.25) is 36.3 Å². The summed E-state index contributed by atoms with van der Waals surface area (Å²) in [5, 5.41) is 0.214. The summed E-state index contributed by atoms with van der Waals surface area (Å²) in [5.41, 5.74) is -0.456. The second kappa shape index (κ2) is 16.4. The first-order valence-corrected chi connectivity index (χ1v) is 27.7. The highest BCUT2D eigenvalue weighted by Crippen LogP contribution is 2.68. The number of hydrogen-bond acceptors (Lipinski definition) is 6. The summed E-state index contributed by atoms with van der Waals surface area (Å²) >= 11 is 0. The number of alkyl halides is 2. The van der Waals surface area contributed by atoms with Gasteiger partial charge in [0.05, 0.1) is 24.7 Å². The van der Waals surface area contributed by atoms with Gasteiger partial charge in [-0.3, -0.25) is 4.79 Å². The van der Waals surface area contributed by atoms with E-state index in [-0.39, 0.29) is 58.0 Å². The number of allylic oxidation sites excluding steroid dienone is 1. The number of hydrogen-bond donors (Lipinski definition) is 0. The van der Waals surface area contributed by atoms with E-state index < -0.39 is 46.8 Å². The molecule has 10 heteroatoms. The van der Waals surface area contributed by atoms with Crippen molar-refractivity contribution in [3.8, 4) is 0 Å². The third-order valence-electron chi connectivity index (χ3n) is 16.3. The minimum atomic E-state index is -3.16. The molecule has 0 spiro atoms. The van der Waals surface area contributed by atoms with Crippen LogP contribution in [0.1, 0.15) is 148 Å². The van der Waals surface area contributed by atoms with E-state index in [2.05, 4.69) is 87.7 Å². The molecule has 10 atom stereocenters. The third kappa shape index (κ3) is 9.24. The summed E-state index contributed by atoms with van der Waals surface area (Å²) in [6.07, 6.45) is 8.48. The lowest BCUT2D eigenvalue weighted by molar-refractivity contribution is -0.265. The molecule has 6 nitrogen and oxygen atoms in total. The van der Waals surface area contributed by atoms with E-state index in [1.54, 1.807) is 13.8 Å². The Hall–Kier alpha value is -0.656. The number of fused-ring (bicyclic) bond motifs is 5. The fourth-order valence-electron chi connectivity index (χ4n) is 10.9. The maximum absolute atomic E-state index is 16.0. The van der Waals surface area contributed by atoms with E-state index in [9.17, 15) is 4.79 Å². The zero-order valence-corrected chi connectivity index (χ0v) is 40.2. The largest absolute Gasteiger partial charge is 0.466 e. The van der Waals surface area contributed by atoms with Crippen molar-refractivity contribution in [3.05, 3.63) is 11.6 Å². The molecule has 0 bridgehead atoms. The van der Waals surface area contributed by atoms with E-state index in [0.717, 1.165) is 44.9 Å². The van der Waals surface area contributed by atoms with Crippen molar-refractivity contribution in [2.45, 2.75) is 214 Å². The summed E-state index contributed by atoms with van der Waals surface area (Å²) in [6.45, 7) is 37.2. The molecular weight excluding hydrogens is 731 g/mol. The molecule has 0 N–H and O–H groups in total. The molecule has 1 unspecified atom stereocenters. The van der Waals surface area contributed by atoms with Gasteiger partial charge in [0.2, 0.25) is 0 Å². The average molecular weight is 813 g/mol. The predicted octanol–water partition coefficient (Wildman–Crippen LogP) is 12.7. The topological polar surface area (TPSA) is 63.2 Å². The fourth-order valence-corrected chi connectivity index (χ4v) is 13.7. The summed E-state index contributed by atoms with van der Waals surface area (Å²) in [5.74, 6) is -2.75. The lowest BCUT2D eigenvalue weighted by atomic mass is 9.46. The SMILES string of the molecule is CCOC(=O)[C@H](CCC(F)(F)C(C)(C)OC(C)OCC)[C@H]1CC[C@H]2[C@@H]3CC=C4C[C@@H](O[Si](C)(C)C(C)(C)C)C[C@H](O[Si](C)(C)C(C)(C)C)[C@]4(C)[C@H]3CC[C@]12C. The highest BCUT2D eigenvalue weighted by Gasteiger charge is 2.63.